The molecule has 0 saturated carbocycles. The Morgan fingerprint density at radius 1 is 0.765 bits per heavy atom. The van der Waals surface area contributed by atoms with Crippen molar-refractivity contribution in [1.29, 1.82) is 0 Å². The number of rotatable bonds is 7. The van der Waals surface area contributed by atoms with E-state index in [-0.39, 0.29) is 25.7 Å². The number of benzene rings is 5. The predicted molar refractivity (Wildman–Crippen MR) is 206 cm³/mol. The van der Waals surface area contributed by atoms with Gasteiger partial charge in [0.2, 0.25) is 0 Å². The fraction of sp³-hybridized carbons (Fsp3) is 0.174. The third-order valence-corrected chi connectivity index (χ3v) is 8.93. The van der Waals surface area contributed by atoms with Crippen molar-refractivity contribution in [3.63, 3.8) is 0 Å². The number of pyridine rings is 1. The first-order valence-electron chi connectivity index (χ1n) is 18.6. The average Bonchev–Trinajstić information content (AvgIpc) is 3.76. The predicted octanol–water partition coefficient (Wildman–Crippen LogP) is 11.9. The quantitative estimate of drug-likeness (QED) is 0.150. The number of aryl methyl sites for hydroxylation is 1. The van der Waals surface area contributed by atoms with E-state index in [0.717, 1.165) is 51.1 Å². The second kappa shape index (κ2) is 15.9. The molecule has 0 atom stereocenters. The molecule has 0 spiro atoms. The Labute approximate surface area is 318 Å². The van der Waals surface area contributed by atoms with Crippen LogP contribution in [0.1, 0.15) is 71.5 Å². The number of imidazole rings is 1. The Bertz CT molecular complexity index is 2440. The van der Waals surface area contributed by atoms with Crippen molar-refractivity contribution in [1.82, 2.24) is 14.5 Å². The van der Waals surface area contributed by atoms with Crippen LogP contribution in [0.2, 0.25) is 0 Å². The van der Waals surface area contributed by atoms with Gasteiger partial charge in [0.05, 0.1) is 16.9 Å². The minimum absolute atomic E-state index is 0. The molecule has 4 nitrogen and oxygen atoms in total. The fourth-order valence-corrected chi connectivity index (χ4v) is 6.42. The van der Waals surface area contributed by atoms with Crippen molar-refractivity contribution in [3.05, 3.63) is 174 Å². The molecule has 3 aromatic heterocycles. The molecule has 8 rings (SSSR count). The molecule has 3 heterocycles. The Balaban J connectivity index is 0.000000246. The van der Waals surface area contributed by atoms with Crippen molar-refractivity contribution in [2.24, 2.45) is 0 Å². The van der Waals surface area contributed by atoms with E-state index in [2.05, 4.69) is 135 Å². The van der Waals surface area contributed by atoms with Gasteiger partial charge in [-0.1, -0.05) is 129 Å². The topological polar surface area (TPSA) is 43.9 Å². The molecular weight excluding hydrogens is 803 g/mol. The van der Waals surface area contributed by atoms with Gasteiger partial charge < -0.3 is 14.0 Å². The van der Waals surface area contributed by atoms with Crippen LogP contribution in [0.15, 0.2) is 138 Å². The van der Waals surface area contributed by atoms with E-state index >= 15 is 0 Å². The zero-order chi connectivity index (χ0) is 37.1. The molecule has 8 aromatic rings. The monoisotopic (exact) mass is 847 g/mol. The van der Waals surface area contributed by atoms with Crippen molar-refractivity contribution in [2.75, 3.05) is 0 Å². The van der Waals surface area contributed by atoms with E-state index < -0.39 is 6.85 Å². The molecule has 0 aliphatic rings. The number of fused-ring (bicyclic) bond motifs is 2. The van der Waals surface area contributed by atoms with E-state index in [4.69, 9.17) is 13.5 Å². The number of hydrogen-bond acceptors (Lipinski definition) is 3. The number of hydrogen-bond donors (Lipinski definition) is 0. The molecule has 5 heteroatoms. The molecule has 1 radical (unpaired) electrons. The molecule has 0 fully saturated rings. The van der Waals surface area contributed by atoms with Crippen molar-refractivity contribution in [3.8, 4) is 28.3 Å². The van der Waals surface area contributed by atoms with Gasteiger partial charge in [0, 0.05) is 47.9 Å². The molecule has 0 unspecified atom stereocenters. The molecule has 0 N–H and O–H groups in total. The maximum absolute atomic E-state index is 7.23. The van der Waals surface area contributed by atoms with Crippen LogP contribution < -0.4 is 0 Å². The van der Waals surface area contributed by atoms with E-state index in [9.17, 15) is 0 Å². The molecule has 257 valence electrons. The van der Waals surface area contributed by atoms with Crippen LogP contribution in [0.4, 0.5) is 0 Å². The summed E-state index contributed by atoms with van der Waals surface area (Å²) in [5.41, 5.74) is 12.0. The largest absolute Gasteiger partial charge is 0.557 e. The third-order valence-electron chi connectivity index (χ3n) is 8.93. The van der Waals surface area contributed by atoms with Crippen LogP contribution in [0.25, 0.3) is 50.3 Å². The van der Waals surface area contributed by atoms with E-state index in [1.807, 2.05) is 24.3 Å². The molecule has 5 aromatic carbocycles. The summed E-state index contributed by atoms with van der Waals surface area (Å²) < 4.78 is 30.1. The molecule has 0 bridgehead atoms. The van der Waals surface area contributed by atoms with E-state index in [0.29, 0.717) is 11.8 Å². The fourth-order valence-electron chi connectivity index (χ4n) is 6.42. The number of aromatic nitrogens is 3. The zero-order valence-corrected chi connectivity index (χ0v) is 31.5. The van der Waals surface area contributed by atoms with Crippen molar-refractivity contribution in [2.45, 2.75) is 52.8 Å². The van der Waals surface area contributed by atoms with Gasteiger partial charge in [-0.25, -0.2) is 0 Å². The van der Waals surface area contributed by atoms with Gasteiger partial charge in [0.25, 0.3) is 0 Å². The summed E-state index contributed by atoms with van der Waals surface area (Å²) in [6.45, 7) is 6.95. The number of para-hydroxylation sites is 3. The molecular formula is C46H41IrN3O-2. The second-order valence-electron chi connectivity index (χ2n) is 13.1. The standard InChI is InChI=1S/C34H31N2O.C12H10N.Ir/c1-22(2)26-13-10-14-27(23(3)4)33(26)36-31-16-9-8-15-30(31)35-34(36)29-21-37-32-20-25(17-18-28(29)32)19-24-11-6-5-7-12-24;1-10-7-8-12(13-9-10)11-5-3-2-4-6-11;/h5-18,20,22-23H,19H2,1-4H3;2-5,7-9H,1H3;/q2*-1;/i;1D3;. The maximum Gasteiger partial charge on any atom is 0.0774 e. The van der Waals surface area contributed by atoms with Gasteiger partial charge in [0.1, 0.15) is 0 Å². The molecule has 0 saturated heterocycles. The molecule has 51 heavy (non-hydrogen) atoms. The van der Waals surface area contributed by atoms with Crippen molar-refractivity contribution < 1.29 is 28.6 Å². The van der Waals surface area contributed by atoms with Gasteiger partial charge in [0.15, 0.2) is 0 Å². The van der Waals surface area contributed by atoms with Crippen LogP contribution >= 0.6 is 0 Å². The third kappa shape index (κ3) is 7.66. The van der Waals surface area contributed by atoms with Crippen LogP contribution in [-0.4, -0.2) is 14.5 Å². The summed E-state index contributed by atoms with van der Waals surface area (Å²) in [5.74, 6) is 1.60. The number of nitrogens with zero attached hydrogens (tertiary/aromatic N) is 3. The van der Waals surface area contributed by atoms with Crippen LogP contribution in [-0.2, 0) is 26.5 Å². The van der Waals surface area contributed by atoms with E-state index in [1.54, 1.807) is 18.2 Å². The summed E-state index contributed by atoms with van der Waals surface area (Å²) >= 11 is 0. The Kier molecular flexibility index (Phi) is 9.90. The summed E-state index contributed by atoms with van der Waals surface area (Å²) in [4.78, 5) is 9.27. The van der Waals surface area contributed by atoms with Crippen LogP contribution in [0.3, 0.4) is 0 Å². The molecule has 0 aliphatic heterocycles. The van der Waals surface area contributed by atoms with Gasteiger partial charge >= 0.3 is 0 Å². The SMILES string of the molecule is CC(C)c1cccc(C(C)C)c1-n1c(-c2[c-]oc3cc(Cc4ccccc4)ccc23)nc2ccccc21.[2H]C([2H])([2H])c1ccc(-c2[c-]cccc2)nc1.[Ir]. The minimum atomic E-state index is -2.09. The normalized spacial score (nSPS) is 12.2. The summed E-state index contributed by atoms with van der Waals surface area (Å²) in [6.07, 6.45) is 5.49. The molecule has 0 aliphatic carbocycles. The Morgan fingerprint density at radius 3 is 2.20 bits per heavy atom. The van der Waals surface area contributed by atoms with Crippen LogP contribution in [0, 0.1) is 19.2 Å². The maximum atomic E-state index is 7.23. The summed E-state index contributed by atoms with van der Waals surface area (Å²) in [5, 5.41) is 1.03. The van der Waals surface area contributed by atoms with Gasteiger partial charge in [-0.15, -0.1) is 42.0 Å². The van der Waals surface area contributed by atoms with Gasteiger partial charge in [-0.05, 0) is 65.2 Å². The van der Waals surface area contributed by atoms with Crippen molar-refractivity contribution >= 4 is 22.0 Å². The minimum Gasteiger partial charge on any atom is -0.557 e. The summed E-state index contributed by atoms with van der Waals surface area (Å²) in [6, 6.07) is 45.8. The second-order valence-corrected chi connectivity index (χ2v) is 13.1. The summed E-state index contributed by atoms with van der Waals surface area (Å²) in [7, 11) is 0. The average molecular weight is 847 g/mol. The van der Waals surface area contributed by atoms with Gasteiger partial charge in [-0.3, -0.25) is 4.98 Å². The first-order valence-corrected chi connectivity index (χ1v) is 17.1. The van der Waals surface area contributed by atoms with Crippen LogP contribution in [0.5, 0.6) is 0 Å². The molecule has 0 amide bonds. The first kappa shape index (κ1) is 31.9. The first-order chi connectivity index (χ1) is 25.6. The Hall–Kier alpha value is -5.09. The van der Waals surface area contributed by atoms with E-state index in [1.165, 1.54) is 34.1 Å². The smallest absolute Gasteiger partial charge is 0.0774 e. The number of furan rings is 1. The Morgan fingerprint density at radius 2 is 1.51 bits per heavy atom. The van der Waals surface area contributed by atoms with Gasteiger partial charge in [-0.2, -0.15) is 0 Å². The zero-order valence-electron chi connectivity index (χ0n) is 32.1.